The molecule has 1 aromatic heterocycles. The molecule has 3 fully saturated rings. The van der Waals surface area contributed by atoms with E-state index in [9.17, 15) is 79.7 Å². The molecule has 9 amide bonds. The predicted octanol–water partition coefficient (Wildman–Crippen LogP) is -4.55. The van der Waals surface area contributed by atoms with Crippen molar-refractivity contribution in [1.29, 1.82) is 0 Å². The van der Waals surface area contributed by atoms with Crippen molar-refractivity contribution in [3.63, 3.8) is 0 Å². The first-order chi connectivity index (χ1) is 49.5. The van der Waals surface area contributed by atoms with Gasteiger partial charge in [-0.3, -0.25) is 43.4 Å². The first-order valence-corrected chi connectivity index (χ1v) is 35.3. The minimum absolute atomic E-state index is 0. The molecule has 7 rings (SSSR count). The summed E-state index contributed by atoms with van der Waals surface area (Å²) in [5.41, 5.74) is 0.529. The second-order valence-electron chi connectivity index (χ2n) is 26.5. The van der Waals surface area contributed by atoms with E-state index in [1.54, 1.807) is 40.0 Å². The summed E-state index contributed by atoms with van der Waals surface area (Å²) < 4.78 is 25.4. The Balaban J connectivity index is 0.0000173. The number of aliphatic hydroxyl groups excluding tert-OH is 7. The van der Waals surface area contributed by atoms with Crippen molar-refractivity contribution in [3.05, 3.63) is 77.9 Å². The minimum atomic E-state index is -2.24. The number of phenols is 1. The first kappa shape index (κ1) is 86.5. The maximum absolute atomic E-state index is 15.1. The molecular formula is C67H92N11NaO24S2. The quantitative estimate of drug-likeness (QED) is 0.00800. The van der Waals surface area contributed by atoms with Crippen molar-refractivity contribution in [2.75, 3.05) is 53.0 Å². The van der Waals surface area contributed by atoms with E-state index in [0.29, 0.717) is 27.9 Å². The number of fused-ring (bicyclic) bond motifs is 2. The van der Waals surface area contributed by atoms with E-state index in [1.807, 2.05) is 24.3 Å². The largest absolute Gasteiger partial charge is 1.00 e. The van der Waals surface area contributed by atoms with Gasteiger partial charge in [-0.25, -0.2) is 4.79 Å². The molecule has 4 heterocycles. The molecule has 3 saturated heterocycles. The molecule has 3 aliphatic rings. The molecule has 14 atom stereocenters. The fraction of sp³-hybridized carbons (Fsp3) is 0.567. The zero-order valence-corrected chi connectivity index (χ0v) is 62.8. The summed E-state index contributed by atoms with van der Waals surface area (Å²) in [6.45, 7) is 6.21. The number of rotatable bonds is 29. The Labute approximate surface area is 635 Å². The average Bonchev–Trinajstić information content (AvgIpc) is 1.67. The van der Waals surface area contributed by atoms with Crippen LogP contribution >= 0.6 is 23.7 Å². The molecule has 0 bridgehead atoms. The normalized spacial score (nSPS) is 23.3. The van der Waals surface area contributed by atoms with Crippen LogP contribution in [-0.4, -0.2) is 252 Å². The van der Waals surface area contributed by atoms with Crippen LogP contribution in [0.5, 0.6) is 17.2 Å². The number of aliphatic hydroxyl groups is 7. The van der Waals surface area contributed by atoms with Gasteiger partial charge >= 0.3 is 35.7 Å². The number of amides is 9. The molecule has 3 aromatic carbocycles. The van der Waals surface area contributed by atoms with Crippen LogP contribution in [-0.2, 0) is 58.8 Å². The number of β-amino-alcohol motifs (C(OH)–C–C–N with tert-alkyl or cyclic N) is 1. The van der Waals surface area contributed by atoms with Crippen LogP contribution in [0.25, 0.3) is 21.1 Å². The second kappa shape index (κ2) is 41.6. The summed E-state index contributed by atoms with van der Waals surface area (Å²) in [5.74, 6) is -10.5. The third-order valence-electron chi connectivity index (χ3n) is 17.2. The van der Waals surface area contributed by atoms with Crippen LogP contribution < -0.4 is 81.0 Å². The number of nitrogens with one attached hydrogen (secondary N) is 7. The van der Waals surface area contributed by atoms with E-state index in [-0.39, 0.29) is 71.7 Å². The minimum Gasteiger partial charge on any atom is -0.691 e. The summed E-state index contributed by atoms with van der Waals surface area (Å²) >= 11 is 1.26. The second-order valence-corrected chi connectivity index (χ2v) is 27.9. The topological polar surface area (TPSA) is 510 Å². The van der Waals surface area contributed by atoms with Gasteiger partial charge in [0.15, 0.2) is 11.5 Å². The molecule has 0 spiro atoms. The summed E-state index contributed by atoms with van der Waals surface area (Å²) in [5, 5.41) is 131. The number of unbranched alkanes of at least 4 members (excludes halogenated alkanes) is 4. The monoisotopic (exact) mass is 1520 g/mol. The van der Waals surface area contributed by atoms with Crippen molar-refractivity contribution >= 4 is 77.0 Å². The molecule has 0 saturated carbocycles. The number of nitrogens with zero attached hydrogens (tertiary/aromatic N) is 4. The number of ether oxygens (including phenoxy) is 3. The fourth-order valence-electron chi connectivity index (χ4n) is 11.7. The van der Waals surface area contributed by atoms with Gasteiger partial charge in [-0.2, -0.15) is 0 Å². The van der Waals surface area contributed by atoms with Gasteiger partial charge in [-0.05, 0) is 107 Å². The van der Waals surface area contributed by atoms with Crippen molar-refractivity contribution in [3.8, 4) is 38.4 Å². The van der Waals surface area contributed by atoms with Crippen molar-refractivity contribution in [2.45, 2.75) is 183 Å². The molecule has 35 nitrogen and oxygen atoms in total. The summed E-state index contributed by atoms with van der Waals surface area (Å²) in [4.78, 5) is 130. The van der Waals surface area contributed by atoms with Gasteiger partial charge in [-0.15, -0.1) is 14.5 Å². The molecule has 0 unspecified atom stereocenters. The Morgan fingerprint density at radius 2 is 1.35 bits per heavy atom. The maximum atomic E-state index is 15.1. The zero-order valence-electron chi connectivity index (χ0n) is 59.2. The van der Waals surface area contributed by atoms with Gasteiger partial charge in [0, 0.05) is 88.3 Å². The molecular weight excluding hydrogens is 1430 g/mol. The molecule has 15 N–H and O–H groups in total. The van der Waals surface area contributed by atoms with E-state index < -0.39 is 201 Å². The third kappa shape index (κ3) is 25.6. The summed E-state index contributed by atoms with van der Waals surface area (Å²) in [6, 6.07) is 5.01. The Morgan fingerprint density at radius 1 is 0.733 bits per heavy atom. The Bertz CT molecular complexity index is 3540. The van der Waals surface area contributed by atoms with E-state index in [4.69, 9.17) is 18.4 Å². The third-order valence-corrected chi connectivity index (χ3v) is 18.6. The standard InChI is InChI=1S/C67H93N11O24S2.Na/c1-35-33-78-54(55(35)86)61(92)70-32-41(80)30-44(71-56(87)38-13-15-39(16-14-38)62-75-76-63(103-62)40-17-19-43(20-18-40)98-27-11-9-7-8-10-26-97-6)57(88)72-51(36(2)79)64(93)77-34-42(81)31-45(77)58(89)73-52(49(85)28-37-12-21-46(82)50(29-37)100-104-102-101-96)60(91)74-53(65(78)94)47(83)22-24-68-59(90)48(84)23-25-69-66(95)99-67(3,4)5;/h12-21,29,35-36,41-42,44-45,47-49,51-55,79-86,96H,7-11,22-28,30-34H2,1-6H3,(H,68,90)(H,69,95)(H,70,92)(H,71,87)(H,72,88)(H,73,89)(H,74,91);/q;+1/p-1/t35-,36+,41+,42+,44+,45+,47-,48+,49-,51+,52+,53+,54+,55+;/m1./s1. The number of benzene rings is 3. The smallest absolute Gasteiger partial charge is 0.691 e. The average molecular weight is 1520 g/mol. The number of carbonyl (C=O) groups is 9. The first-order valence-electron chi connectivity index (χ1n) is 33.9. The van der Waals surface area contributed by atoms with Crippen LogP contribution in [0.1, 0.15) is 108 Å². The van der Waals surface area contributed by atoms with Crippen molar-refractivity contribution in [2.24, 2.45) is 5.92 Å². The van der Waals surface area contributed by atoms with Crippen LogP contribution in [0, 0.1) is 5.92 Å². The van der Waals surface area contributed by atoms with Crippen LogP contribution in [0.2, 0.25) is 0 Å². The summed E-state index contributed by atoms with van der Waals surface area (Å²) in [7, 11) is 1.69. The number of carbonyl (C=O) groups excluding carboxylic acids is 9. The van der Waals surface area contributed by atoms with Gasteiger partial charge in [0.2, 0.25) is 41.4 Å². The molecule has 572 valence electrons. The maximum Gasteiger partial charge on any atom is 1.00 e. The van der Waals surface area contributed by atoms with Gasteiger partial charge in [0.25, 0.3) is 18.2 Å². The Morgan fingerprint density at radius 3 is 2.00 bits per heavy atom. The van der Waals surface area contributed by atoms with Crippen molar-refractivity contribution < 1.29 is 147 Å². The number of hydrogen-bond acceptors (Lipinski definition) is 28. The number of aromatic hydroxyl groups is 1. The van der Waals surface area contributed by atoms with E-state index >= 15 is 9.59 Å². The SMILES string of the molecule is COCCCCCCCOc1ccc(-c2nnc(-c3ccc(C(=O)N[C@H]4C[C@H](O)CNC(=O)[C@@H]5[C@@H](O)[C@H](C)CN5C(=O)[C@H]([C@H](O)CCNC(=O)[C@@H](O)CCNC(=O)OC(C)(C)C)NC(=O)[C@H]([C@H](O)Cc5ccc(O)c(OSOO[O-])c5)NC(=O)[C@@H]5C[C@H](O)CN5C(=O)[C@H]([C@H](C)O)NC4=O)cc3)s2)cc1.[Na+]. The van der Waals surface area contributed by atoms with Crippen LogP contribution in [0.4, 0.5) is 4.79 Å². The van der Waals surface area contributed by atoms with Gasteiger partial charge in [0.1, 0.15) is 63.7 Å². The van der Waals surface area contributed by atoms with E-state index in [1.165, 1.54) is 36.5 Å². The van der Waals surface area contributed by atoms with Gasteiger partial charge in [0.05, 0.1) is 43.2 Å². The van der Waals surface area contributed by atoms with Crippen LogP contribution in [0.3, 0.4) is 0 Å². The fourth-order valence-corrected chi connectivity index (χ4v) is 12.8. The summed E-state index contributed by atoms with van der Waals surface area (Å²) in [6.07, 6.45) is -11.2. The Kier molecular flexibility index (Phi) is 34.3. The number of phenolic OH excluding ortho intramolecular Hbond substituents is 1. The number of aromatic nitrogens is 2. The molecule has 105 heavy (non-hydrogen) atoms. The number of hydrogen-bond donors (Lipinski definition) is 15. The Hall–Kier alpha value is -7.44. The molecule has 38 heteroatoms. The van der Waals surface area contributed by atoms with Gasteiger partial charge in [-0.1, -0.05) is 55.7 Å². The number of alkyl carbamates (subject to hydrolysis) is 1. The van der Waals surface area contributed by atoms with Crippen LogP contribution in [0.15, 0.2) is 66.7 Å². The predicted molar refractivity (Wildman–Crippen MR) is 367 cm³/mol. The molecule has 0 radical (unpaired) electrons. The molecule has 0 aliphatic carbocycles. The van der Waals surface area contributed by atoms with Gasteiger partial charge < -0.3 is 112 Å². The van der Waals surface area contributed by atoms with Crippen molar-refractivity contribution in [1.82, 2.24) is 57.2 Å². The van der Waals surface area contributed by atoms with E-state index in [0.717, 1.165) is 73.1 Å². The van der Waals surface area contributed by atoms with E-state index in [2.05, 4.69) is 56.8 Å². The molecule has 4 aromatic rings. The zero-order chi connectivity index (χ0) is 75.9. The number of methoxy groups -OCH3 is 1. The molecule has 3 aliphatic heterocycles.